The smallest absolute Gasteiger partial charge is 0.00141 e. The quantitative estimate of drug-likeness (QED) is 0.123. The SMILES string of the molecule is c1cc2cccc3c4c(-c5cc(-c6ccc7cccc8c9cccc%10cccc(c6c78)c%109)cc(-c6ccc7cccc8c9cccc%10cccc(c6c78)c%109)c5)ccc5cccc(c(c1)c23)c54. The van der Waals surface area contributed by atoms with Gasteiger partial charge in [-0.1, -0.05) is 200 Å². The van der Waals surface area contributed by atoms with E-state index < -0.39 is 0 Å². The summed E-state index contributed by atoms with van der Waals surface area (Å²) < 4.78 is 0. The first-order valence-corrected chi connectivity index (χ1v) is 23.2. The molecule has 0 bridgehead atoms. The first kappa shape index (κ1) is 34.9. The number of benzene rings is 16. The van der Waals surface area contributed by atoms with E-state index in [-0.39, 0.29) is 0 Å². The summed E-state index contributed by atoms with van der Waals surface area (Å²) in [5, 5.41) is 31.3. The molecule has 0 heteroatoms. The second kappa shape index (κ2) is 12.6. The minimum atomic E-state index is 1.22. The van der Waals surface area contributed by atoms with Gasteiger partial charge >= 0.3 is 0 Å². The lowest BCUT2D eigenvalue weighted by atomic mass is 9.82. The van der Waals surface area contributed by atoms with Crippen molar-refractivity contribution in [2.45, 2.75) is 0 Å². The van der Waals surface area contributed by atoms with Gasteiger partial charge in [-0.15, -0.1) is 0 Å². The maximum atomic E-state index is 2.50. The molecule has 16 rings (SSSR count). The van der Waals surface area contributed by atoms with Gasteiger partial charge < -0.3 is 0 Å². The molecule has 0 unspecified atom stereocenters. The first-order chi connectivity index (χ1) is 32.7. The fraction of sp³-hybridized carbons (Fsp3) is 0. The van der Waals surface area contributed by atoms with Crippen LogP contribution < -0.4 is 0 Å². The molecule has 0 nitrogen and oxygen atoms in total. The predicted molar refractivity (Wildman–Crippen MR) is 286 cm³/mol. The van der Waals surface area contributed by atoms with Crippen molar-refractivity contribution < 1.29 is 0 Å². The van der Waals surface area contributed by atoms with Gasteiger partial charge in [-0.25, -0.2) is 0 Å². The van der Waals surface area contributed by atoms with Gasteiger partial charge in [0.2, 0.25) is 0 Å². The van der Waals surface area contributed by atoms with E-state index in [0.29, 0.717) is 0 Å². The zero-order valence-corrected chi connectivity index (χ0v) is 35.8. The highest BCUT2D eigenvalue weighted by Gasteiger charge is 2.22. The van der Waals surface area contributed by atoms with Crippen molar-refractivity contribution >= 4 is 129 Å². The van der Waals surface area contributed by atoms with Crippen LogP contribution in [0.5, 0.6) is 0 Å². The third-order valence-corrected chi connectivity index (χ3v) is 15.4. The predicted octanol–water partition coefficient (Wildman–Crippen LogP) is 18.8. The van der Waals surface area contributed by atoms with E-state index in [2.05, 4.69) is 218 Å². The number of fused-ring (bicyclic) bond motifs is 6. The van der Waals surface area contributed by atoms with Crippen LogP contribution in [0.4, 0.5) is 0 Å². The second-order valence-corrected chi connectivity index (χ2v) is 18.6. The van der Waals surface area contributed by atoms with Crippen LogP contribution >= 0.6 is 0 Å². The van der Waals surface area contributed by atoms with Crippen LogP contribution in [0.25, 0.3) is 163 Å². The van der Waals surface area contributed by atoms with Gasteiger partial charge in [0.15, 0.2) is 0 Å². The highest BCUT2D eigenvalue weighted by Crippen LogP contribution is 2.50. The molecule has 0 aliphatic carbocycles. The topological polar surface area (TPSA) is 0 Å². The van der Waals surface area contributed by atoms with Crippen LogP contribution in [0.2, 0.25) is 0 Å². The van der Waals surface area contributed by atoms with E-state index in [4.69, 9.17) is 0 Å². The summed E-state index contributed by atoms with van der Waals surface area (Å²) in [6.45, 7) is 0. The second-order valence-electron chi connectivity index (χ2n) is 18.6. The van der Waals surface area contributed by atoms with Crippen LogP contribution in [0.1, 0.15) is 0 Å². The summed E-state index contributed by atoms with van der Waals surface area (Å²) in [5.41, 5.74) is 7.42. The Morgan fingerprint density at radius 2 is 0.364 bits per heavy atom. The summed E-state index contributed by atoms with van der Waals surface area (Å²) in [5.74, 6) is 0. The molecule has 0 radical (unpaired) electrons. The lowest BCUT2D eigenvalue weighted by Gasteiger charge is -2.21. The van der Waals surface area contributed by atoms with Crippen LogP contribution in [0.3, 0.4) is 0 Å². The first-order valence-electron chi connectivity index (χ1n) is 23.2. The van der Waals surface area contributed by atoms with Crippen molar-refractivity contribution in [3.63, 3.8) is 0 Å². The molecule has 0 N–H and O–H groups in total. The fourth-order valence-corrected chi connectivity index (χ4v) is 12.8. The third-order valence-electron chi connectivity index (χ3n) is 15.4. The van der Waals surface area contributed by atoms with Crippen LogP contribution in [0.15, 0.2) is 218 Å². The Bertz CT molecular complexity index is 4230. The minimum absolute atomic E-state index is 1.22. The number of hydrogen-bond donors (Lipinski definition) is 0. The van der Waals surface area contributed by atoms with E-state index >= 15 is 0 Å². The van der Waals surface area contributed by atoms with Crippen LogP contribution in [-0.4, -0.2) is 0 Å². The standard InChI is InChI=1S/C66H36/c1-10-37-13-7-25-55-58(37)49(19-1)52-22-4-16-40-28-31-46(64(55)61(40)52)43-34-44(47-32-29-41-17-5-23-53-50-20-2-11-38-14-8-26-56(59(38)50)65(47)62(41)53)36-45(35-43)48-33-30-42-18-6-24-54-51-21-3-12-39-15-9-27-57(60(39)51)66(48)63(42)54/h1-36H. The fourth-order valence-electron chi connectivity index (χ4n) is 12.8. The highest BCUT2D eigenvalue weighted by molar-refractivity contribution is 6.38. The molecule has 0 heterocycles. The van der Waals surface area contributed by atoms with Gasteiger partial charge in [0.1, 0.15) is 0 Å². The monoisotopic (exact) mass is 828 g/mol. The molecule has 300 valence electrons. The molecule has 0 saturated carbocycles. The van der Waals surface area contributed by atoms with Gasteiger partial charge in [0.25, 0.3) is 0 Å². The zero-order valence-electron chi connectivity index (χ0n) is 35.8. The van der Waals surface area contributed by atoms with Crippen molar-refractivity contribution in [1.82, 2.24) is 0 Å². The summed E-state index contributed by atoms with van der Waals surface area (Å²) >= 11 is 0. The van der Waals surface area contributed by atoms with Crippen molar-refractivity contribution in [3.8, 4) is 33.4 Å². The molecular formula is C66H36. The van der Waals surface area contributed by atoms with E-state index in [1.54, 1.807) is 0 Å². The Hall–Kier alpha value is -8.58. The maximum absolute atomic E-state index is 2.50. The molecule has 0 spiro atoms. The van der Waals surface area contributed by atoms with E-state index in [9.17, 15) is 0 Å². The van der Waals surface area contributed by atoms with Crippen molar-refractivity contribution in [2.24, 2.45) is 0 Å². The number of hydrogen-bond acceptors (Lipinski definition) is 0. The molecule has 0 fully saturated rings. The van der Waals surface area contributed by atoms with E-state index in [1.165, 1.54) is 163 Å². The number of rotatable bonds is 3. The van der Waals surface area contributed by atoms with Gasteiger partial charge in [-0.05, 0) is 181 Å². The average molecular weight is 829 g/mol. The largest absolute Gasteiger partial charge is 0.0610 e. The molecule has 0 aliphatic heterocycles. The van der Waals surface area contributed by atoms with E-state index in [0.717, 1.165) is 0 Å². The average Bonchev–Trinajstić information content (AvgIpc) is 3.38. The van der Waals surface area contributed by atoms with Crippen molar-refractivity contribution in [2.75, 3.05) is 0 Å². The maximum Gasteiger partial charge on any atom is -0.00141 e. The molecular weight excluding hydrogens is 793 g/mol. The lowest BCUT2D eigenvalue weighted by Crippen LogP contribution is -1.94. The van der Waals surface area contributed by atoms with Crippen LogP contribution in [-0.2, 0) is 0 Å². The summed E-state index contributed by atoms with van der Waals surface area (Å²) in [4.78, 5) is 0. The van der Waals surface area contributed by atoms with Gasteiger partial charge in [0.05, 0.1) is 0 Å². The Balaban J connectivity index is 1.10. The Labute approximate surface area is 379 Å². The summed E-state index contributed by atoms with van der Waals surface area (Å²) in [7, 11) is 0. The van der Waals surface area contributed by atoms with E-state index in [1.807, 2.05) is 0 Å². The molecule has 16 aromatic rings. The highest BCUT2D eigenvalue weighted by atomic mass is 14.3. The molecule has 0 amide bonds. The summed E-state index contributed by atoms with van der Waals surface area (Å²) in [6.07, 6.45) is 0. The van der Waals surface area contributed by atoms with Crippen LogP contribution in [0, 0.1) is 0 Å². The zero-order chi connectivity index (χ0) is 42.8. The normalized spacial score (nSPS) is 12.5. The molecule has 66 heavy (non-hydrogen) atoms. The molecule has 0 atom stereocenters. The molecule has 16 aromatic carbocycles. The molecule has 0 saturated heterocycles. The third kappa shape index (κ3) is 4.43. The molecule has 0 aliphatic rings. The summed E-state index contributed by atoms with van der Waals surface area (Å²) in [6, 6.07) is 83.2. The Kier molecular flexibility index (Phi) is 6.64. The Morgan fingerprint density at radius 3 is 0.621 bits per heavy atom. The van der Waals surface area contributed by atoms with Crippen molar-refractivity contribution in [3.05, 3.63) is 218 Å². The van der Waals surface area contributed by atoms with Gasteiger partial charge in [-0.3, -0.25) is 0 Å². The van der Waals surface area contributed by atoms with Gasteiger partial charge in [-0.2, -0.15) is 0 Å². The van der Waals surface area contributed by atoms with Crippen molar-refractivity contribution in [1.29, 1.82) is 0 Å². The lowest BCUT2D eigenvalue weighted by molar-refractivity contribution is 1.62. The van der Waals surface area contributed by atoms with Gasteiger partial charge in [0, 0.05) is 0 Å². The molecule has 0 aromatic heterocycles. The Morgan fingerprint density at radius 1 is 0.152 bits per heavy atom. The minimum Gasteiger partial charge on any atom is -0.0610 e.